The van der Waals surface area contributed by atoms with E-state index >= 15 is 0 Å². The number of amides is 1. The molecule has 9 heteroatoms. The largest absolute Gasteiger partial charge is 0.383 e. The van der Waals surface area contributed by atoms with Crippen molar-refractivity contribution in [1.29, 1.82) is 0 Å². The van der Waals surface area contributed by atoms with Crippen molar-refractivity contribution >= 4 is 34.7 Å². The molecule has 0 spiro atoms. The molecule has 1 fully saturated rings. The number of nitrogens with zero attached hydrogens (tertiary/aromatic N) is 2. The van der Waals surface area contributed by atoms with E-state index in [4.69, 9.17) is 4.74 Å². The lowest BCUT2D eigenvalue weighted by atomic mass is 10.1. The Hall–Kier alpha value is -2.62. The SMILES string of the molecule is COCCNc1ccc(C(=O)Nc2cccc(CN3CCSCC3)c2C)cc1[N+](=O)[O-]. The van der Waals surface area contributed by atoms with Crippen molar-refractivity contribution in [1.82, 2.24) is 4.90 Å². The van der Waals surface area contributed by atoms with Crippen LogP contribution in [0.5, 0.6) is 0 Å². The standard InChI is InChI=1S/C22H28N4O4S/c1-16-18(15-25-9-12-31-13-10-25)4-3-5-19(16)24-22(27)17-6-7-20(23-8-11-30-2)21(14-17)26(28)29/h3-7,14,23H,8-13,15H2,1-2H3,(H,24,27). The van der Waals surface area contributed by atoms with Crippen molar-refractivity contribution in [2.24, 2.45) is 0 Å². The Kier molecular flexibility index (Phi) is 8.27. The fraction of sp³-hybridized carbons (Fsp3) is 0.409. The van der Waals surface area contributed by atoms with Gasteiger partial charge in [-0.05, 0) is 36.2 Å². The molecule has 1 amide bonds. The van der Waals surface area contributed by atoms with Gasteiger partial charge in [0.15, 0.2) is 0 Å². The first-order chi connectivity index (χ1) is 15.0. The predicted molar refractivity (Wildman–Crippen MR) is 125 cm³/mol. The van der Waals surface area contributed by atoms with Crippen LogP contribution in [0.25, 0.3) is 0 Å². The number of ether oxygens (including phenoxy) is 1. The number of nitrogens with one attached hydrogen (secondary N) is 2. The van der Waals surface area contributed by atoms with Crippen LogP contribution < -0.4 is 10.6 Å². The number of methoxy groups -OCH3 is 1. The van der Waals surface area contributed by atoms with Crippen molar-refractivity contribution < 1.29 is 14.5 Å². The summed E-state index contributed by atoms with van der Waals surface area (Å²) in [6.45, 7) is 5.83. The fourth-order valence-corrected chi connectivity index (χ4v) is 4.42. The molecule has 0 aliphatic carbocycles. The van der Waals surface area contributed by atoms with E-state index in [1.807, 2.05) is 30.8 Å². The summed E-state index contributed by atoms with van der Waals surface area (Å²) in [5.74, 6) is 1.91. The fourth-order valence-electron chi connectivity index (χ4n) is 3.45. The smallest absolute Gasteiger partial charge is 0.293 e. The van der Waals surface area contributed by atoms with Gasteiger partial charge >= 0.3 is 0 Å². The van der Waals surface area contributed by atoms with Gasteiger partial charge < -0.3 is 15.4 Å². The quantitative estimate of drug-likeness (QED) is 0.345. The van der Waals surface area contributed by atoms with E-state index in [0.29, 0.717) is 18.8 Å². The van der Waals surface area contributed by atoms with Gasteiger partial charge in [0.25, 0.3) is 11.6 Å². The number of anilines is 2. The Morgan fingerprint density at radius 1 is 1.23 bits per heavy atom. The van der Waals surface area contributed by atoms with Gasteiger partial charge in [0.05, 0.1) is 11.5 Å². The Bertz CT molecular complexity index is 932. The summed E-state index contributed by atoms with van der Waals surface area (Å²) in [5.41, 5.74) is 3.36. The number of nitro benzene ring substituents is 1. The molecule has 0 unspecified atom stereocenters. The predicted octanol–water partition coefficient (Wildman–Crippen LogP) is 3.76. The molecule has 0 radical (unpaired) electrons. The Morgan fingerprint density at radius 2 is 2.00 bits per heavy atom. The maximum Gasteiger partial charge on any atom is 0.293 e. The van der Waals surface area contributed by atoms with Gasteiger partial charge in [-0.2, -0.15) is 11.8 Å². The zero-order valence-electron chi connectivity index (χ0n) is 17.8. The van der Waals surface area contributed by atoms with Crippen LogP contribution in [0.15, 0.2) is 36.4 Å². The van der Waals surface area contributed by atoms with E-state index in [-0.39, 0.29) is 17.2 Å². The molecule has 2 N–H and O–H groups in total. The molecule has 0 atom stereocenters. The normalized spacial score (nSPS) is 14.3. The van der Waals surface area contributed by atoms with Crippen LogP contribution >= 0.6 is 11.8 Å². The topological polar surface area (TPSA) is 96.7 Å². The monoisotopic (exact) mass is 444 g/mol. The summed E-state index contributed by atoms with van der Waals surface area (Å²) in [4.78, 5) is 26.2. The molecule has 0 aromatic heterocycles. The van der Waals surface area contributed by atoms with Crippen LogP contribution in [0.4, 0.5) is 17.1 Å². The average molecular weight is 445 g/mol. The van der Waals surface area contributed by atoms with Crippen molar-refractivity contribution in [3.05, 3.63) is 63.2 Å². The van der Waals surface area contributed by atoms with E-state index in [1.54, 1.807) is 19.2 Å². The van der Waals surface area contributed by atoms with E-state index < -0.39 is 4.92 Å². The molecule has 1 aliphatic heterocycles. The average Bonchev–Trinajstić information content (AvgIpc) is 2.77. The number of hydrogen-bond acceptors (Lipinski definition) is 7. The van der Waals surface area contributed by atoms with Crippen molar-refractivity contribution in [3.63, 3.8) is 0 Å². The second-order valence-corrected chi connectivity index (χ2v) is 8.57. The van der Waals surface area contributed by atoms with Gasteiger partial charge in [0.1, 0.15) is 5.69 Å². The Labute approximate surface area is 186 Å². The molecule has 8 nitrogen and oxygen atoms in total. The van der Waals surface area contributed by atoms with Gasteiger partial charge in [0.2, 0.25) is 0 Å². The van der Waals surface area contributed by atoms with Crippen LogP contribution in [0.2, 0.25) is 0 Å². The number of carbonyl (C=O) groups excluding carboxylic acids is 1. The van der Waals surface area contributed by atoms with E-state index in [1.165, 1.54) is 11.6 Å². The summed E-state index contributed by atoms with van der Waals surface area (Å²) in [5, 5.41) is 17.4. The number of nitro groups is 1. The Balaban J connectivity index is 1.74. The number of carbonyl (C=O) groups is 1. The zero-order chi connectivity index (χ0) is 22.2. The van der Waals surface area contributed by atoms with E-state index in [0.717, 1.165) is 42.4 Å². The van der Waals surface area contributed by atoms with E-state index in [2.05, 4.69) is 21.6 Å². The first-order valence-corrected chi connectivity index (χ1v) is 11.4. The number of thioether (sulfide) groups is 1. The van der Waals surface area contributed by atoms with Crippen molar-refractivity contribution in [2.75, 3.05) is 55.5 Å². The lowest BCUT2D eigenvalue weighted by molar-refractivity contribution is -0.384. The zero-order valence-corrected chi connectivity index (χ0v) is 18.7. The molecular formula is C22H28N4O4S. The number of benzene rings is 2. The molecule has 1 aliphatic rings. The molecule has 166 valence electrons. The summed E-state index contributed by atoms with van der Waals surface area (Å²) >= 11 is 1.97. The molecule has 2 aromatic carbocycles. The Morgan fingerprint density at radius 3 is 2.71 bits per heavy atom. The maximum atomic E-state index is 12.8. The minimum Gasteiger partial charge on any atom is -0.383 e. The molecule has 0 bridgehead atoms. The van der Waals surface area contributed by atoms with Crippen molar-refractivity contribution in [2.45, 2.75) is 13.5 Å². The van der Waals surface area contributed by atoms with Crippen LogP contribution in [-0.2, 0) is 11.3 Å². The molecule has 31 heavy (non-hydrogen) atoms. The maximum absolute atomic E-state index is 12.8. The highest BCUT2D eigenvalue weighted by Gasteiger charge is 2.19. The summed E-state index contributed by atoms with van der Waals surface area (Å²) in [7, 11) is 1.56. The second-order valence-electron chi connectivity index (χ2n) is 7.34. The lowest BCUT2D eigenvalue weighted by Crippen LogP contribution is -2.32. The molecule has 1 saturated heterocycles. The van der Waals surface area contributed by atoms with Crippen LogP contribution in [0.3, 0.4) is 0 Å². The molecular weight excluding hydrogens is 416 g/mol. The highest BCUT2D eigenvalue weighted by molar-refractivity contribution is 7.99. The highest BCUT2D eigenvalue weighted by atomic mass is 32.2. The summed E-state index contributed by atoms with van der Waals surface area (Å²) in [6.07, 6.45) is 0. The van der Waals surface area contributed by atoms with Gasteiger partial charge in [-0.15, -0.1) is 0 Å². The van der Waals surface area contributed by atoms with Gasteiger partial charge in [0, 0.05) is 62.1 Å². The van der Waals surface area contributed by atoms with Gasteiger partial charge in [-0.1, -0.05) is 12.1 Å². The van der Waals surface area contributed by atoms with Crippen LogP contribution in [-0.4, -0.2) is 60.6 Å². The molecule has 1 heterocycles. The number of rotatable bonds is 9. The number of hydrogen-bond donors (Lipinski definition) is 2. The third kappa shape index (κ3) is 6.19. The van der Waals surface area contributed by atoms with Gasteiger partial charge in [-0.25, -0.2) is 0 Å². The minimum absolute atomic E-state index is 0.141. The first-order valence-electron chi connectivity index (χ1n) is 10.2. The molecule has 2 aromatic rings. The third-order valence-corrected chi connectivity index (χ3v) is 6.21. The van der Waals surface area contributed by atoms with Gasteiger partial charge in [-0.3, -0.25) is 19.8 Å². The van der Waals surface area contributed by atoms with E-state index in [9.17, 15) is 14.9 Å². The first kappa shape index (κ1) is 23.1. The molecule has 3 rings (SSSR count). The van der Waals surface area contributed by atoms with Crippen LogP contribution in [0.1, 0.15) is 21.5 Å². The summed E-state index contributed by atoms with van der Waals surface area (Å²) in [6, 6.07) is 10.3. The third-order valence-electron chi connectivity index (χ3n) is 5.27. The van der Waals surface area contributed by atoms with Crippen molar-refractivity contribution in [3.8, 4) is 0 Å². The summed E-state index contributed by atoms with van der Waals surface area (Å²) < 4.78 is 4.96. The highest BCUT2D eigenvalue weighted by Crippen LogP contribution is 2.27. The molecule has 0 saturated carbocycles. The van der Waals surface area contributed by atoms with Crippen LogP contribution in [0, 0.1) is 17.0 Å². The minimum atomic E-state index is -0.491. The lowest BCUT2D eigenvalue weighted by Gasteiger charge is -2.27. The second kappa shape index (κ2) is 11.1.